The van der Waals surface area contributed by atoms with Crippen molar-refractivity contribution < 1.29 is 18.2 Å². The maximum absolute atomic E-state index is 11.7. The van der Waals surface area contributed by atoms with Gasteiger partial charge in [0.1, 0.15) is 23.9 Å². The van der Waals surface area contributed by atoms with Gasteiger partial charge < -0.3 is 9.73 Å². The Balaban J connectivity index is 1.86. The molecule has 22 heavy (non-hydrogen) atoms. The summed E-state index contributed by atoms with van der Waals surface area (Å²) in [4.78, 5) is 11.7. The molecule has 1 aromatic carbocycles. The summed E-state index contributed by atoms with van der Waals surface area (Å²) >= 11 is 0. The molecule has 0 saturated carbocycles. The van der Waals surface area contributed by atoms with Gasteiger partial charge in [-0.15, -0.1) is 0 Å². The van der Waals surface area contributed by atoms with Crippen molar-refractivity contribution in [1.82, 2.24) is 0 Å². The molecule has 3 rings (SSSR count). The second kappa shape index (κ2) is 5.85. The molecule has 1 saturated heterocycles. The molecule has 1 atom stereocenters. The third-order valence-corrected chi connectivity index (χ3v) is 6.04. The molecule has 2 aromatic rings. The molecule has 118 valence electrons. The van der Waals surface area contributed by atoms with Gasteiger partial charge in [0.2, 0.25) is 0 Å². The minimum absolute atomic E-state index is 0.0854. The molecule has 0 unspecified atom stereocenters. The highest BCUT2D eigenvalue weighted by molar-refractivity contribution is 7.91. The third kappa shape index (κ3) is 3.23. The van der Waals surface area contributed by atoms with Crippen LogP contribution in [0.2, 0.25) is 0 Å². The topological polar surface area (TPSA) is 81.0 Å². The first-order chi connectivity index (χ1) is 10.5. The summed E-state index contributed by atoms with van der Waals surface area (Å²) in [6.07, 6.45) is 1.57. The zero-order chi connectivity index (χ0) is 15.7. The maximum atomic E-state index is 11.7. The average molecular weight is 322 g/mol. The average Bonchev–Trinajstić information content (AvgIpc) is 2.83. The number of hydrogen-bond acceptors (Lipinski definition) is 4. The first-order valence-electron chi connectivity index (χ1n) is 7.56. The summed E-state index contributed by atoms with van der Waals surface area (Å²) in [5.41, 5.74) is 2.27. The standard InChI is InChI=1S/C16H19NO4S/c1-2-11-3-4-14-12(8-16(18)21-15(14)7-11)9-17-13-5-6-22(19,20)10-13/h3-4,7-8,13,17H,2,5-6,9-10H2,1H3/p+1/t13-/m0/s1. The van der Waals surface area contributed by atoms with E-state index in [1.54, 1.807) is 0 Å². The van der Waals surface area contributed by atoms with Gasteiger partial charge in [-0.1, -0.05) is 19.1 Å². The van der Waals surface area contributed by atoms with Crippen LogP contribution in [0.3, 0.4) is 0 Å². The molecule has 0 radical (unpaired) electrons. The summed E-state index contributed by atoms with van der Waals surface area (Å²) < 4.78 is 28.3. The monoisotopic (exact) mass is 322 g/mol. The lowest BCUT2D eigenvalue weighted by atomic mass is 10.1. The molecule has 0 amide bonds. The van der Waals surface area contributed by atoms with Crippen molar-refractivity contribution in [1.29, 1.82) is 0 Å². The van der Waals surface area contributed by atoms with E-state index < -0.39 is 9.84 Å². The molecule has 1 fully saturated rings. The molecule has 1 aromatic heterocycles. The fourth-order valence-corrected chi connectivity index (χ4v) is 4.75. The Morgan fingerprint density at radius 1 is 1.32 bits per heavy atom. The molecule has 5 nitrogen and oxygen atoms in total. The number of sulfone groups is 1. The fourth-order valence-electron chi connectivity index (χ4n) is 2.97. The lowest BCUT2D eigenvalue weighted by Gasteiger charge is -2.09. The lowest BCUT2D eigenvalue weighted by Crippen LogP contribution is -2.89. The summed E-state index contributed by atoms with van der Waals surface area (Å²) in [7, 11) is -2.87. The molecule has 0 bridgehead atoms. The van der Waals surface area contributed by atoms with Gasteiger partial charge in [0.15, 0.2) is 9.84 Å². The van der Waals surface area contributed by atoms with Gasteiger partial charge in [0, 0.05) is 23.4 Å². The van der Waals surface area contributed by atoms with Gasteiger partial charge in [-0.3, -0.25) is 0 Å². The maximum Gasteiger partial charge on any atom is 0.336 e. The highest BCUT2D eigenvalue weighted by Crippen LogP contribution is 2.18. The molecule has 2 heterocycles. The third-order valence-electron chi connectivity index (χ3n) is 4.24. The predicted octanol–water partition coefficient (Wildman–Crippen LogP) is 0.606. The second-order valence-electron chi connectivity index (χ2n) is 5.88. The van der Waals surface area contributed by atoms with E-state index in [1.165, 1.54) is 6.07 Å². The van der Waals surface area contributed by atoms with Gasteiger partial charge in [0.05, 0.1) is 5.75 Å². The Morgan fingerprint density at radius 3 is 2.82 bits per heavy atom. The van der Waals surface area contributed by atoms with Crippen LogP contribution in [-0.2, 0) is 22.8 Å². The van der Waals surface area contributed by atoms with Gasteiger partial charge in [0.25, 0.3) is 0 Å². The van der Waals surface area contributed by atoms with E-state index in [2.05, 4.69) is 6.92 Å². The van der Waals surface area contributed by atoms with E-state index in [0.717, 1.165) is 22.9 Å². The molecule has 2 N–H and O–H groups in total. The van der Waals surface area contributed by atoms with Crippen LogP contribution in [0.5, 0.6) is 0 Å². The van der Waals surface area contributed by atoms with Crippen LogP contribution in [0.25, 0.3) is 11.0 Å². The fraction of sp³-hybridized carbons (Fsp3) is 0.438. The number of benzene rings is 1. The Labute approximate surface area is 129 Å². The summed E-state index contributed by atoms with van der Waals surface area (Å²) in [6, 6.07) is 7.51. The molecular weight excluding hydrogens is 302 g/mol. The van der Waals surface area contributed by atoms with Crippen molar-refractivity contribution in [3.05, 3.63) is 45.8 Å². The van der Waals surface area contributed by atoms with Crippen molar-refractivity contribution in [2.75, 3.05) is 11.5 Å². The van der Waals surface area contributed by atoms with Crippen molar-refractivity contribution in [3.63, 3.8) is 0 Å². The smallest absolute Gasteiger partial charge is 0.336 e. The van der Waals surface area contributed by atoms with E-state index in [0.29, 0.717) is 18.5 Å². The van der Waals surface area contributed by atoms with Crippen molar-refractivity contribution in [2.45, 2.75) is 32.4 Å². The highest BCUT2D eigenvalue weighted by atomic mass is 32.2. The normalized spacial score (nSPS) is 20.5. The second-order valence-corrected chi connectivity index (χ2v) is 8.11. The van der Waals surface area contributed by atoms with Gasteiger partial charge in [-0.2, -0.15) is 0 Å². The Morgan fingerprint density at radius 2 is 2.14 bits per heavy atom. The van der Waals surface area contributed by atoms with E-state index in [-0.39, 0.29) is 23.2 Å². The Bertz CT molecular complexity index is 854. The van der Waals surface area contributed by atoms with E-state index >= 15 is 0 Å². The first-order valence-corrected chi connectivity index (χ1v) is 9.38. The molecular formula is C16H20NO4S+. The number of fused-ring (bicyclic) bond motifs is 1. The number of hydrogen-bond donors (Lipinski definition) is 1. The van der Waals surface area contributed by atoms with E-state index in [4.69, 9.17) is 4.42 Å². The zero-order valence-electron chi connectivity index (χ0n) is 12.5. The quantitative estimate of drug-likeness (QED) is 0.836. The minimum Gasteiger partial charge on any atom is -0.423 e. The summed E-state index contributed by atoms with van der Waals surface area (Å²) in [5, 5.41) is 2.95. The van der Waals surface area contributed by atoms with Gasteiger partial charge >= 0.3 is 5.63 Å². The van der Waals surface area contributed by atoms with E-state index in [1.807, 2.05) is 23.5 Å². The molecule has 0 spiro atoms. The van der Waals surface area contributed by atoms with Crippen LogP contribution < -0.4 is 10.9 Å². The van der Waals surface area contributed by atoms with E-state index in [9.17, 15) is 13.2 Å². The minimum atomic E-state index is -2.87. The molecule has 1 aliphatic rings. The van der Waals surface area contributed by atoms with Crippen LogP contribution in [0.4, 0.5) is 0 Å². The molecule has 1 aliphatic heterocycles. The van der Waals surface area contributed by atoms with Crippen molar-refractivity contribution in [3.8, 4) is 0 Å². The van der Waals surface area contributed by atoms with Crippen molar-refractivity contribution >= 4 is 20.8 Å². The van der Waals surface area contributed by atoms with Gasteiger partial charge in [-0.25, -0.2) is 13.2 Å². The highest BCUT2D eigenvalue weighted by Gasteiger charge is 2.30. The zero-order valence-corrected chi connectivity index (χ0v) is 13.4. The number of quaternary nitrogens is 1. The Hall–Kier alpha value is -1.66. The van der Waals surface area contributed by atoms with Crippen LogP contribution in [-0.4, -0.2) is 26.0 Å². The molecule has 6 heteroatoms. The van der Waals surface area contributed by atoms with Gasteiger partial charge in [-0.05, 0) is 18.1 Å². The summed E-state index contributed by atoms with van der Waals surface area (Å²) in [5.74, 6) is 0.498. The van der Waals surface area contributed by atoms with Crippen LogP contribution in [0, 0.1) is 0 Å². The van der Waals surface area contributed by atoms with Crippen LogP contribution in [0.15, 0.2) is 33.5 Å². The Kier molecular flexibility index (Phi) is 4.06. The largest absolute Gasteiger partial charge is 0.423 e. The number of aryl methyl sites for hydroxylation is 1. The first kappa shape index (κ1) is 15.2. The van der Waals surface area contributed by atoms with Crippen LogP contribution >= 0.6 is 0 Å². The van der Waals surface area contributed by atoms with Crippen molar-refractivity contribution in [2.24, 2.45) is 0 Å². The SMILES string of the molecule is CCc1ccc2c(C[NH2+][C@H]3CCS(=O)(=O)C3)cc(=O)oc2c1. The lowest BCUT2D eigenvalue weighted by molar-refractivity contribution is -0.699. The predicted molar refractivity (Wildman–Crippen MR) is 84.6 cm³/mol. The van der Waals surface area contributed by atoms with Crippen LogP contribution in [0.1, 0.15) is 24.5 Å². The number of nitrogens with two attached hydrogens (primary N) is 1. The molecule has 0 aliphatic carbocycles. The summed E-state index contributed by atoms with van der Waals surface area (Å²) in [6.45, 7) is 2.64. The number of rotatable bonds is 4.